The first-order chi connectivity index (χ1) is 7.76. The van der Waals surface area contributed by atoms with Gasteiger partial charge in [0.1, 0.15) is 0 Å². The highest BCUT2D eigenvalue weighted by Gasteiger charge is 2.34. The Morgan fingerprint density at radius 2 is 2.31 bits per heavy atom. The fraction of sp³-hybridized carbons (Fsp3) is 0.538. The number of hydrogen-bond acceptors (Lipinski definition) is 2. The van der Waals surface area contributed by atoms with E-state index in [0.29, 0.717) is 23.9 Å². The van der Waals surface area contributed by atoms with Crippen molar-refractivity contribution in [3.63, 3.8) is 0 Å². The summed E-state index contributed by atoms with van der Waals surface area (Å²) in [6.07, 6.45) is 2.43. The molecule has 0 saturated heterocycles. The van der Waals surface area contributed by atoms with Gasteiger partial charge in [-0.2, -0.15) is 0 Å². The molecule has 1 aromatic carbocycles. The van der Waals surface area contributed by atoms with Gasteiger partial charge >= 0.3 is 0 Å². The summed E-state index contributed by atoms with van der Waals surface area (Å²) in [5.74, 6) is 0.863. The van der Waals surface area contributed by atoms with Crippen LogP contribution in [-0.2, 0) is 6.54 Å². The Hall–Kier alpha value is -1.09. The molecule has 0 radical (unpaired) electrons. The van der Waals surface area contributed by atoms with Crippen LogP contribution in [-0.4, -0.2) is 13.2 Å². The number of halogens is 1. The number of methoxy groups -OCH3 is 1. The molecule has 88 valence electrons. The molecule has 1 aromatic rings. The molecule has 0 aliphatic heterocycles. The second-order valence-electron chi connectivity index (χ2n) is 4.32. The van der Waals surface area contributed by atoms with Crippen molar-refractivity contribution in [1.82, 2.24) is 5.32 Å². The van der Waals surface area contributed by atoms with E-state index in [1.54, 1.807) is 12.1 Å². The molecule has 16 heavy (non-hydrogen) atoms. The first kappa shape index (κ1) is 11.4. The summed E-state index contributed by atoms with van der Waals surface area (Å²) in [5, 5.41) is 3.37. The molecular formula is C13H18FNO. The lowest BCUT2D eigenvalue weighted by Gasteiger charge is -2.08. The van der Waals surface area contributed by atoms with Gasteiger partial charge in [-0.05, 0) is 18.4 Å². The molecule has 1 aliphatic rings. The highest BCUT2D eigenvalue weighted by atomic mass is 19.1. The van der Waals surface area contributed by atoms with Crippen molar-refractivity contribution >= 4 is 0 Å². The second-order valence-corrected chi connectivity index (χ2v) is 4.32. The molecular weight excluding hydrogens is 205 g/mol. The number of nitrogens with one attached hydrogen (secondary N) is 1. The molecule has 1 N–H and O–H groups in total. The van der Waals surface area contributed by atoms with Crippen LogP contribution in [0, 0.1) is 11.7 Å². The van der Waals surface area contributed by atoms with Crippen LogP contribution in [0.2, 0.25) is 0 Å². The largest absolute Gasteiger partial charge is 0.494 e. The van der Waals surface area contributed by atoms with Gasteiger partial charge in [0.2, 0.25) is 0 Å². The molecule has 0 bridgehead atoms. The molecule has 0 aromatic heterocycles. The quantitative estimate of drug-likeness (QED) is 0.828. The third-order valence-electron chi connectivity index (χ3n) is 3.26. The highest BCUT2D eigenvalue weighted by Crippen LogP contribution is 2.33. The first-order valence-corrected chi connectivity index (χ1v) is 5.81. The van der Waals surface area contributed by atoms with E-state index in [-0.39, 0.29) is 5.82 Å². The first-order valence-electron chi connectivity index (χ1n) is 5.81. The van der Waals surface area contributed by atoms with Crippen molar-refractivity contribution in [2.75, 3.05) is 7.11 Å². The number of ether oxygens (including phenoxy) is 1. The van der Waals surface area contributed by atoms with Gasteiger partial charge in [-0.3, -0.25) is 0 Å². The minimum atomic E-state index is -0.244. The molecule has 1 saturated carbocycles. The van der Waals surface area contributed by atoms with Crippen molar-refractivity contribution in [2.45, 2.75) is 32.4 Å². The predicted octanol–water partition coefficient (Wildman–Crippen LogP) is 2.72. The summed E-state index contributed by atoms with van der Waals surface area (Å²) in [5.41, 5.74) is 0.682. The van der Waals surface area contributed by atoms with Crippen LogP contribution >= 0.6 is 0 Å². The van der Waals surface area contributed by atoms with E-state index >= 15 is 0 Å². The van der Waals surface area contributed by atoms with E-state index < -0.39 is 0 Å². The Labute approximate surface area is 95.8 Å². The van der Waals surface area contributed by atoms with E-state index in [1.165, 1.54) is 20.0 Å². The normalized spacial score (nSPS) is 23.2. The lowest BCUT2D eigenvalue weighted by atomic mass is 10.2. The Morgan fingerprint density at radius 1 is 1.50 bits per heavy atom. The minimum absolute atomic E-state index is 0.244. The van der Waals surface area contributed by atoms with Gasteiger partial charge < -0.3 is 10.1 Å². The zero-order valence-electron chi connectivity index (χ0n) is 9.79. The topological polar surface area (TPSA) is 21.3 Å². The fourth-order valence-electron chi connectivity index (χ4n) is 2.04. The van der Waals surface area contributed by atoms with E-state index in [2.05, 4.69) is 12.2 Å². The van der Waals surface area contributed by atoms with Gasteiger partial charge in [0.25, 0.3) is 0 Å². The van der Waals surface area contributed by atoms with Crippen molar-refractivity contribution in [3.05, 3.63) is 29.6 Å². The van der Waals surface area contributed by atoms with Gasteiger partial charge in [0, 0.05) is 18.2 Å². The smallest absolute Gasteiger partial charge is 0.169 e. The molecule has 1 fully saturated rings. The third-order valence-corrected chi connectivity index (χ3v) is 3.26. The number of rotatable bonds is 5. The summed E-state index contributed by atoms with van der Waals surface area (Å²) in [6.45, 7) is 2.78. The van der Waals surface area contributed by atoms with Gasteiger partial charge in [-0.1, -0.05) is 25.5 Å². The molecule has 0 amide bonds. The molecule has 0 spiro atoms. The maximum atomic E-state index is 13.8. The maximum absolute atomic E-state index is 13.8. The van der Waals surface area contributed by atoms with E-state index in [9.17, 15) is 4.39 Å². The van der Waals surface area contributed by atoms with E-state index in [4.69, 9.17) is 4.74 Å². The minimum Gasteiger partial charge on any atom is -0.494 e. The Kier molecular flexibility index (Phi) is 3.44. The molecule has 1 aliphatic carbocycles. The molecule has 3 heteroatoms. The van der Waals surface area contributed by atoms with Crippen LogP contribution in [0.1, 0.15) is 25.3 Å². The van der Waals surface area contributed by atoms with Gasteiger partial charge in [-0.25, -0.2) is 4.39 Å². The van der Waals surface area contributed by atoms with Gasteiger partial charge in [0.15, 0.2) is 11.6 Å². The Balaban J connectivity index is 1.94. The average Bonchev–Trinajstić information content (AvgIpc) is 3.06. The van der Waals surface area contributed by atoms with Crippen LogP contribution in [0.4, 0.5) is 4.39 Å². The van der Waals surface area contributed by atoms with Crippen LogP contribution in [0.5, 0.6) is 5.75 Å². The summed E-state index contributed by atoms with van der Waals surface area (Å²) < 4.78 is 18.7. The number of hydrogen-bond donors (Lipinski definition) is 1. The lowest BCUT2D eigenvalue weighted by molar-refractivity contribution is 0.383. The molecule has 0 heterocycles. The van der Waals surface area contributed by atoms with Gasteiger partial charge in [-0.15, -0.1) is 0 Å². The van der Waals surface area contributed by atoms with E-state index in [0.717, 1.165) is 5.92 Å². The van der Waals surface area contributed by atoms with Crippen molar-refractivity contribution in [3.8, 4) is 5.75 Å². The van der Waals surface area contributed by atoms with Crippen LogP contribution < -0.4 is 10.1 Å². The Morgan fingerprint density at radius 3 is 2.94 bits per heavy atom. The van der Waals surface area contributed by atoms with Crippen LogP contribution in [0.25, 0.3) is 0 Å². The third kappa shape index (κ3) is 2.35. The monoisotopic (exact) mass is 223 g/mol. The Bertz CT molecular complexity index is 367. The fourth-order valence-corrected chi connectivity index (χ4v) is 2.04. The average molecular weight is 223 g/mol. The second kappa shape index (κ2) is 4.83. The number of benzene rings is 1. The zero-order valence-corrected chi connectivity index (χ0v) is 9.79. The van der Waals surface area contributed by atoms with Crippen LogP contribution in [0.15, 0.2) is 18.2 Å². The molecule has 2 unspecified atom stereocenters. The van der Waals surface area contributed by atoms with Gasteiger partial charge in [0.05, 0.1) is 7.11 Å². The molecule has 2 atom stereocenters. The summed E-state index contributed by atoms with van der Waals surface area (Å²) in [6, 6.07) is 5.85. The van der Waals surface area contributed by atoms with Crippen molar-refractivity contribution in [1.29, 1.82) is 0 Å². The molecule has 2 nitrogen and oxygen atoms in total. The van der Waals surface area contributed by atoms with Crippen LogP contribution in [0.3, 0.4) is 0 Å². The standard InChI is InChI=1S/C13H18FNO/c1-3-9-7-11(9)15-8-10-5-4-6-12(16-2)13(10)14/h4-6,9,11,15H,3,7-8H2,1-2H3. The van der Waals surface area contributed by atoms with Crippen molar-refractivity contribution < 1.29 is 9.13 Å². The predicted molar refractivity (Wildman–Crippen MR) is 62.0 cm³/mol. The SMILES string of the molecule is CCC1CC1NCc1cccc(OC)c1F. The van der Waals surface area contributed by atoms with Crippen molar-refractivity contribution in [2.24, 2.45) is 5.92 Å². The van der Waals surface area contributed by atoms with E-state index in [1.807, 2.05) is 6.07 Å². The molecule has 2 rings (SSSR count). The summed E-state index contributed by atoms with van der Waals surface area (Å²) in [7, 11) is 1.49. The highest BCUT2D eigenvalue weighted by molar-refractivity contribution is 5.31. The lowest BCUT2D eigenvalue weighted by Crippen LogP contribution is -2.18. The summed E-state index contributed by atoms with van der Waals surface area (Å²) in [4.78, 5) is 0. The maximum Gasteiger partial charge on any atom is 0.169 e. The zero-order chi connectivity index (χ0) is 11.5. The summed E-state index contributed by atoms with van der Waals surface area (Å²) >= 11 is 0.